The molecule has 0 aromatic heterocycles. The van der Waals surface area contributed by atoms with E-state index >= 15 is 0 Å². The molecule has 0 aliphatic rings. The number of allylic oxidation sites excluding steroid dienone is 14. The molecule has 0 amide bonds. The predicted molar refractivity (Wildman–Crippen MR) is 284 cm³/mol. The summed E-state index contributed by atoms with van der Waals surface area (Å²) >= 11 is 0. The van der Waals surface area contributed by atoms with Gasteiger partial charge in [-0.2, -0.15) is 0 Å². The quantitative estimate of drug-likeness (QED) is 0.0281. The average Bonchev–Trinajstić information content (AvgIpc) is 3.29. The molecule has 0 saturated carbocycles. The van der Waals surface area contributed by atoms with E-state index in [1.807, 2.05) is 21.1 Å². The Kier molecular flexibility index (Phi) is 46.4. The molecule has 0 radical (unpaired) electrons. The van der Waals surface area contributed by atoms with Crippen LogP contribution in [0.2, 0.25) is 0 Å². The van der Waals surface area contributed by atoms with Crippen LogP contribution in [0.25, 0.3) is 0 Å². The zero-order valence-corrected chi connectivity index (χ0v) is 43.8. The van der Waals surface area contributed by atoms with Gasteiger partial charge in [-0.05, 0) is 96.3 Å². The van der Waals surface area contributed by atoms with Gasteiger partial charge >= 0.3 is 17.9 Å². The SMILES string of the molecule is CCCCC/C=C/C/C=C/C/C=C/C/C=C/CCCCCCCC(=O)OCC(COCCC(C(=O)O)[N+](C)(C)C)OC(=O)CCCCCCCCCCC/C=C/C/C=C/C/C=C/CCCCC. The number of ether oxygens (including phenoxy) is 3. The Hall–Kier alpha value is -3.49. The van der Waals surface area contributed by atoms with Crippen LogP contribution in [-0.2, 0) is 28.6 Å². The van der Waals surface area contributed by atoms with E-state index in [0.29, 0.717) is 19.3 Å². The first-order chi connectivity index (χ1) is 32.6. The Morgan fingerprint density at radius 1 is 0.448 bits per heavy atom. The van der Waals surface area contributed by atoms with E-state index in [-0.39, 0.29) is 36.2 Å². The second-order valence-corrected chi connectivity index (χ2v) is 19.1. The van der Waals surface area contributed by atoms with Crippen molar-refractivity contribution in [3.05, 3.63) is 85.1 Å². The Balaban J connectivity index is 4.29. The molecule has 1 N–H and O–H groups in total. The van der Waals surface area contributed by atoms with Crippen LogP contribution in [0.15, 0.2) is 85.1 Å². The predicted octanol–water partition coefficient (Wildman–Crippen LogP) is 16.0. The minimum atomic E-state index is -0.880. The number of quaternary nitrogens is 1. The molecule has 67 heavy (non-hydrogen) atoms. The molecule has 0 aliphatic carbocycles. The highest BCUT2D eigenvalue weighted by atomic mass is 16.6. The Morgan fingerprint density at radius 3 is 1.16 bits per heavy atom. The molecule has 0 saturated heterocycles. The molecular formula is C59H102NO7+. The van der Waals surface area contributed by atoms with Crippen LogP contribution < -0.4 is 0 Å². The Bertz CT molecular complexity index is 1370. The first-order valence-electron chi connectivity index (χ1n) is 27.1. The van der Waals surface area contributed by atoms with Crippen molar-refractivity contribution in [2.45, 2.75) is 231 Å². The van der Waals surface area contributed by atoms with Crippen LogP contribution >= 0.6 is 0 Å². The zero-order chi connectivity index (χ0) is 49.2. The van der Waals surface area contributed by atoms with E-state index in [9.17, 15) is 19.5 Å². The lowest BCUT2D eigenvalue weighted by Crippen LogP contribution is -2.50. The maximum absolute atomic E-state index is 12.8. The summed E-state index contributed by atoms with van der Waals surface area (Å²) in [5.41, 5.74) is 0. The Labute approximate surface area is 412 Å². The minimum Gasteiger partial charge on any atom is -0.477 e. The number of carboxylic acid groups (broad SMARTS) is 1. The van der Waals surface area contributed by atoms with Crippen molar-refractivity contribution in [3.63, 3.8) is 0 Å². The third kappa shape index (κ3) is 47.4. The largest absolute Gasteiger partial charge is 0.477 e. The minimum absolute atomic E-state index is 0.0485. The molecule has 8 heteroatoms. The van der Waals surface area contributed by atoms with Gasteiger partial charge in [0.25, 0.3) is 0 Å². The molecule has 0 aromatic carbocycles. The van der Waals surface area contributed by atoms with E-state index < -0.39 is 18.1 Å². The number of carbonyl (C=O) groups excluding carboxylic acids is 2. The molecule has 0 spiro atoms. The molecular weight excluding hydrogens is 835 g/mol. The number of hydrogen-bond acceptors (Lipinski definition) is 6. The fourth-order valence-corrected chi connectivity index (χ4v) is 7.55. The van der Waals surface area contributed by atoms with E-state index in [4.69, 9.17) is 14.2 Å². The van der Waals surface area contributed by atoms with Crippen molar-refractivity contribution in [3.8, 4) is 0 Å². The van der Waals surface area contributed by atoms with Crippen molar-refractivity contribution >= 4 is 17.9 Å². The summed E-state index contributed by atoms with van der Waals surface area (Å²) in [6, 6.07) is -0.624. The molecule has 0 rings (SSSR count). The molecule has 0 aliphatic heterocycles. The van der Waals surface area contributed by atoms with Crippen LogP contribution in [0.3, 0.4) is 0 Å². The van der Waals surface area contributed by atoms with Crippen molar-refractivity contribution in [1.29, 1.82) is 0 Å². The standard InChI is InChI=1S/C59H101NO7/c1-6-8-10-12-14-16-18-20-22-24-26-28-30-32-34-36-38-40-42-44-46-48-50-58(62)67-55(53-65-52-51-56(59(63)64)60(3,4)5)54-66-57(61)49-47-45-43-41-39-37-35-33-31-29-27-25-23-21-19-17-15-13-11-9-7-2/h14-17,20-23,26-29,33,35,55-56H,6-13,18-19,24-25,30-32,34,36-54H2,1-5H3/p+1/b16-14+,17-15+,22-20+,23-21+,28-26+,29-27+,35-33+. The van der Waals surface area contributed by atoms with Crippen molar-refractivity contribution in [1.82, 2.24) is 0 Å². The summed E-state index contributed by atoms with van der Waals surface area (Å²) in [6.07, 6.45) is 64.8. The van der Waals surface area contributed by atoms with E-state index in [2.05, 4.69) is 98.9 Å². The van der Waals surface area contributed by atoms with Gasteiger partial charge in [-0.25, -0.2) is 4.79 Å². The number of esters is 2. The summed E-state index contributed by atoms with van der Waals surface area (Å²) < 4.78 is 17.4. The fourth-order valence-electron chi connectivity index (χ4n) is 7.55. The molecule has 2 atom stereocenters. The second-order valence-electron chi connectivity index (χ2n) is 19.1. The van der Waals surface area contributed by atoms with Crippen molar-refractivity contribution in [2.24, 2.45) is 0 Å². The summed E-state index contributed by atoms with van der Waals surface area (Å²) in [7, 11) is 5.53. The van der Waals surface area contributed by atoms with Gasteiger partial charge in [0.15, 0.2) is 12.1 Å². The molecule has 0 aromatic rings. The second kappa shape index (κ2) is 48.9. The topological polar surface area (TPSA) is 99.1 Å². The lowest BCUT2D eigenvalue weighted by atomic mass is 10.1. The van der Waals surface area contributed by atoms with Gasteiger partial charge in [-0.1, -0.05) is 189 Å². The van der Waals surface area contributed by atoms with Gasteiger partial charge in [0.1, 0.15) is 6.61 Å². The highest BCUT2D eigenvalue weighted by molar-refractivity contribution is 5.72. The first-order valence-corrected chi connectivity index (χ1v) is 27.1. The molecule has 0 bridgehead atoms. The summed E-state index contributed by atoms with van der Waals surface area (Å²) in [5.74, 6) is -1.50. The molecule has 0 heterocycles. The van der Waals surface area contributed by atoms with Gasteiger partial charge in [0, 0.05) is 19.3 Å². The number of carbonyl (C=O) groups is 3. The van der Waals surface area contributed by atoms with E-state index in [1.54, 1.807) is 0 Å². The number of aliphatic carboxylic acids is 1. The van der Waals surface area contributed by atoms with Gasteiger partial charge < -0.3 is 23.8 Å². The molecule has 8 nitrogen and oxygen atoms in total. The lowest BCUT2D eigenvalue weighted by molar-refractivity contribution is -0.887. The fraction of sp³-hybridized carbons (Fsp3) is 0.712. The summed E-state index contributed by atoms with van der Waals surface area (Å²) in [5, 5.41) is 9.67. The highest BCUT2D eigenvalue weighted by Crippen LogP contribution is 2.14. The maximum atomic E-state index is 12.8. The number of likely N-dealkylation sites (N-methyl/N-ethyl adjacent to an activating group) is 1. The third-order valence-electron chi connectivity index (χ3n) is 11.8. The smallest absolute Gasteiger partial charge is 0.362 e. The monoisotopic (exact) mass is 937 g/mol. The number of carboxylic acids is 1. The first kappa shape index (κ1) is 63.5. The highest BCUT2D eigenvalue weighted by Gasteiger charge is 2.31. The molecule has 2 unspecified atom stereocenters. The number of hydrogen-bond donors (Lipinski definition) is 1. The maximum Gasteiger partial charge on any atom is 0.362 e. The van der Waals surface area contributed by atoms with Gasteiger partial charge in [-0.15, -0.1) is 0 Å². The third-order valence-corrected chi connectivity index (χ3v) is 11.8. The van der Waals surface area contributed by atoms with Crippen LogP contribution in [-0.4, -0.2) is 80.6 Å². The van der Waals surface area contributed by atoms with Gasteiger partial charge in [-0.3, -0.25) is 9.59 Å². The van der Waals surface area contributed by atoms with Crippen LogP contribution in [0.1, 0.15) is 219 Å². The summed E-state index contributed by atoms with van der Waals surface area (Å²) in [4.78, 5) is 37.2. The van der Waals surface area contributed by atoms with Gasteiger partial charge in [0.2, 0.25) is 0 Å². The van der Waals surface area contributed by atoms with E-state index in [0.717, 1.165) is 96.3 Å². The lowest BCUT2D eigenvalue weighted by Gasteiger charge is -2.31. The number of rotatable bonds is 48. The Morgan fingerprint density at radius 2 is 0.791 bits per heavy atom. The van der Waals surface area contributed by atoms with Crippen LogP contribution in [0.4, 0.5) is 0 Å². The van der Waals surface area contributed by atoms with Crippen LogP contribution in [0, 0.1) is 0 Å². The number of nitrogens with zero attached hydrogens (tertiary/aromatic N) is 1. The zero-order valence-electron chi connectivity index (χ0n) is 43.8. The normalized spacial score (nSPS) is 13.5. The van der Waals surface area contributed by atoms with Gasteiger partial charge in [0.05, 0.1) is 34.4 Å². The van der Waals surface area contributed by atoms with E-state index in [1.165, 1.54) is 89.9 Å². The van der Waals surface area contributed by atoms with Crippen molar-refractivity contribution < 1.29 is 38.2 Å². The number of unbranched alkanes of at least 4 members (excludes halogenated alkanes) is 20. The molecule has 0 fully saturated rings. The molecule has 384 valence electrons. The van der Waals surface area contributed by atoms with Crippen molar-refractivity contribution in [2.75, 3.05) is 41.0 Å². The average molecular weight is 937 g/mol. The summed E-state index contributed by atoms with van der Waals surface area (Å²) in [6.45, 7) is 4.66. The van der Waals surface area contributed by atoms with Crippen LogP contribution in [0.5, 0.6) is 0 Å².